The highest BCUT2D eigenvalue weighted by molar-refractivity contribution is 9.10. The molecule has 5 heteroatoms. The van der Waals surface area contributed by atoms with Crippen LogP contribution in [0, 0.1) is 6.92 Å². The van der Waals surface area contributed by atoms with E-state index in [0.29, 0.717) is 18.7 Å². The van der Waals surface area contributed by atoms with E-state index in [1.165, 1.54) is 0 Å². The number of carbonyl (C=O) groups excluding carboxylic acids is 2. The Morgan fingerprint density at radius 2 is 2.22 bits per heavy atom. The average molecular weight is 311 g/mol. The summed E-state index contributed by atoms with van der Waals surface area (Å²) in [6.45, 7) is 4.74. The molecular formula is C13H15BrN2O2. The molecule has 0 saturated carbocycles. The highest BCUT2D eigenvalue weighted by Crippen LogP contribution is 2.23. The normalized spacial score (nSPS) is 19.6. The van der Waals surface area contributed by atoms with Gasteiger partial charge in [0.2, 0.25) is 5.91 Å². The van der Waals surface area contributed by atoms with Crippen LogP contribution in [0.15, 0.2) is 22.7 Å². The van der Waals surface area contributed by atoms with Gasteiger partial charge in [0.05, 0.1) is 5.56 Å². The van der Waals surface area contributed by atoms with Crippen LogP contribution in [-0.4, -0.2) is 35.8 Å². The molecule has 96 valence electrons. The van der Waals surface area contributed by atoms with E-state index >= 15 is 0 Å². The van der Waals surface area contributed by atoms with Crippen LogP contribution in [0.4, 0.5) is 0 Å². The molecule has 2 amide bonds. The SMILES string of the molecule is Cc1cccc(C(=O)N2CCNC(=O)C2C)c1Br. The molecule has 1 aromatic rings. The maximum atomic E-state index is 12.4. The fourth-order valence-electron chi connectivity index (χ4n) is 2.03. The molecule has 2 rings (SSSR count). The third-order valence-corrected chi connectivity index (χ3v) is 4.23. The van der Waals surface area contributed by atoms with Gasteiger partial charge in [0.1, 0.15) is 6.04 Å². The summed E-state index contributed by atoms with van der Waals surface area (Å²) < 4.78 is 0.799. The minimum Gasteiger partial charge on any atom is -0.353 e. The van der Waals surface area contributed by atoms with Crippen LogP contribution in [-0.2, 0) is 4.79 Å². The van der Waals surface area contributed by atoms with Crippen LogP contribution in [0.25, 0.3) is 0 Å². The van der Waals surface area contributed by atoms with Crippen molar-refractivity contribution in [2.24, 2.45) is 0 Å². The molecule has 1 saturated heterocycles. The smallest absolute Gasteiger partial charge is 0.255 e. The number of rotatable bonds is 1. The van der Waals surface area contributed by atoms with Crippen LogP contribution in [0.2, 0.25) is 0 Å². The van der Waals surface area contributed by atoms with Crippen LogP contribution in [0.1, 0.15) is 22.8 Å². The van der Waals surface area contributed by atoms with E-state index in [9.17, 15) is 9.59 Å². The lowest BCUT2D eigenvalue weighted by Gasteiger charge is -2.33. The Morgan fingerprint density at radius 3 is 2.94 bits per heavy atom. The minimum absolute atomic E-state index is 0.0987. The standard InChI is InChI=1S/C13H15BrN2O2/c1-8-4-3-5-10(11(8)14)13(18)16-7-6-15-12(17)9(16)2/h3-5,9H,6-7H2,1-2H3,(H,15,17). The molecule has 1 aromatic carbocycles. The number of amides is 2. The van der Waals surface area contributed by atoms with E-state index in [2.05, 4.69) is 21.2 Å². The van der Waals surface area contributed by atoms with Crippen molar-refractivity contribution in [3.63, 3.8) is 0 Å². The first kappa shape index (κ1) is 13.1. The zero-order chi connectivity index (χ0) is 13.3. The lowest BCUT2D eigenvalue weighted by molar-refractivity contribution is -0.127. The average Bonchev–Trinajstić information content (AvgIpc) is 2.35. The lowest BCUT2D eigenvalue weighted by atomic mass is 10.1. The van der Waals surface area contributed by atoms with Crippen molar-refractivity contribution in [3.8, 4) is 0 Å². The number of piperazine rings is 1. The Labute approximate surface area is 114 Å². The van der Waals surface area contributed by atoms with Crippen molar-refractivity contribution < 1.29 is 9.59 Å². The molecule has 18 heavy (non-hydrogen) atoms. The van der Waals surface area contributed by atoms with E-state index in [1.807, 2.05) is 19.1 Å². The van der Waals surface area contributed by atoms with Gasteiger partial charge in [0.15, 0.2) is 0 Å². The van der Waals surface area contributed by atoms with E-state index in [-0.39, 0.29) is 11.8 Å². The number of hydrogen-bond acceptors (Lipinski definition) is 2. The number of aryl methyl sites for hydroxylation is 1. The number of halogens is 1. The van der Waals surface area contributed by atoms with E-state index in [1.54, 1.807) is 17.9 Å². The highest BCUT2D eigenvalue weighted by atomic mass is 79.9. The number of carbonyl (C=O) groups is 2. The molecule has 1 fully saturated rings. The predicted molar refractivity (Wildman–Crippen MR) is 72.4 cm³/mol. The Balaban J connectivity index is 2.31. The molecular weight excluding hydrogens is 296 g/mol. The number of nitrogens with one attached hydrogen (secondary N) is 1. The lowest BCUT2D eigenvalue weighted by Crippen LogP contribution is -2.55. The summed E-state index contributed by atoms with van der Waals surface area (Å²) in [4.78, 5) is 25.6. The molecule has 4 nitrogen and oxygen atoms in total. The molecule has 0 spiro atoms. The summed E-state index contributed by atoms with van der Waals surface area (Å²) in [5.74, 6) is -0.202. The Bertz CT molecular complexity index is 502. The second kappa shape index (κ2) is 5.10. The molecule has 0 aromatic heterocycles. The van der Waals surface area contributed by atoms with Crippen molar-refractivity contribution in [2.45, 2.75) is 19.9 Å². The summed E-state index contributed by atoms with van der Waals surface area (Å²) in [5, 5.41) is 2.75. The largest absolute Gasteiger partial charge is 0.353 e. The zero-order valence-electron chi connectivity index (χ0n) is 10.4. The Hall–Kier alpha value is -1.36. The maximum Gasteiger partial charge on any atom is 0.255 e. The quantitative estimate of drug-likeness (QED) is 0.858. The van der Waals surface area contributed by atoms with Crippen molar-refractivity contribution in [3.05, 3.63) is 33.8 Å². The van der Waals surface area contributed by atoms with Crippen molar-refractivity contribution in [1.82, 2.24) is 10.2 Å². The second-order valence-corrected chi connectivity index (χ2v) is 5.19. The zero-order valence-corrected chi connectivity index (χ0v) is 12.0. The van der Waals surface area contributed by atoms with E-state index < -0.39 is 6.04 Å². The van der Waals surface area contributed by atoms with Gasteiger partial charge in [-0.1, -0.05) is 12.1 Å². The van der Waals surface area contributed by atoms with Crippen molar-refractivity contribution in [2.75, 3.05) is 13.1 Å². The number of hydrogen-bond donors (Lipinski definition) is 1. The van der Waals surface area contributed by atoms with E-state index in [4.69, 9.17) is 0 Å². The summed E-state index contributed by atoms with van der Waals surface area (Å²) in [6, 6.07) is 5.15. The van der Waals surface area contributed by atoms with Gasteiger partial charge in [-0.15, -0.1) is 0 Å². The molecule has 1 aliphatic heterocycles. The van der Waals surface area contributed by atoms with Crippen LogP contribution >= 0.6 is 15.9 Å². The molecule has 1 aliphatic rings. The van der Waals surface area contributed by atoms with Gasteiger partial charge in [-0.3, -0.25) is 9.59 Å². The van der Waals surface area contributed by atoms with Gasteiger partial charge < -0.3 is 10.2 Å². The topological polar surface area (TPSA) is 49.4 Å². The van der Waals surface area contributed by atoms with Gasteiger partial charge in [0.25, 0.3) is 5.91 Å². The molecule has 0 radical (unpaired) electrons. The van der Waals surface area contributed by atoms with Crippen LogP contribution in [0.5, 0.6) is 0 Å². The minimum atomic E-state index is -0.418. The monoisotopic (exact) mass is 310 g/mol. The molecule has 1 heterocycles. The number of nitrogens with zero attached hydrogens (tertiary/aromatic N) is 1. The third-order valence-electron chi connectivity index (χ3n) is 3.18. The first-order valence-electron chi connectivity index (χ1n) is 5.86. The van der Waals surface area contributed by atoms with Gasteiger partial charge in [-0.05, 0) is 41.4 Å². The van der Waals surface area contributed by atoms with Gasteiger partial charge >= 0.3 is 0 Å². The molecule has 1 N–H and O–H groups in total. The predicted octanol–water partition coefficient (Wildman–Crippen LogP) is 1.72. The van der Waals surface area contributed by atoms with Gasteiger partial charge in [0, 0.05) is 17.6 Å². The van der Waals surface area contributed by atoms with Crippen LogP contribution < -0.4 is 5.32 Å². The summed E-state index contributed by atoms with van der Waals surface area (Å²) in [7, 11) is 0. The maximum absolute atomic E-state index is 12.4. The van der Waals surface area contributed by atoms with Crippen molar-refractivity contribution >= 4 is 27.7 Å². The highest BCUT2D eigenvalue weighted by Gasteiger charge is 2.30. The first-order valence-corrected chi connectivity index (χ1v) is 6.65. The third kappa shape index (κ3) is 2.27. The summed E-state index contributed by atoms with van der Waals surface area (Å²) in [5.41, 5.74) is 1.62. The molecule has 1 atom stereocenters. The second-order valence-electron chi connectivity index (χ2n) is 4.40. The fourth-order valence-corrected chi connectivity index (χ4v) is 2.46. The Kier molecular flexibility index (Phi) is 3.71. The van der Waals surface area contributed by atoms with E-state index in [0.717, 1.165) is 10.0 Å². The van der Waals surface area contributed by atoms with Crippen LogP contribution in [0.3, 0.4) is 0 Å². The van der Waals surface area contributed by atoms with Gasteiger partial charge in [-0.25, -0.2) is 0 Å². The molecule has 0 aliphatic carbocycles. The first-order chi connectivity index (χ1) is 8.52. The Morgan fingerprint density at radius 1 is 1.50 bits per heavy atom. The molecule has 0 bridgehead atoms. The van der Waals surface area contributed by atoms with Crippen molar-refractivity contribution in [1.29, 1.82) is 0 Å². The fraction of sp³-hybridized carbons (Fsp3) is 0.385. The number of benzene rings is 1. The summed E-state index contributed by atoms with van der Waals surface area (Å²) >= 11 is 3.43. The van der Waals surface area contributed by atoms with Gasteiger partial charge in [-0.2, -0.15) is 0 Å². The molecule has 1 unspecified atom stereocenters. The summed E-state index contributed by atoms with van der Waals surface area (Å²) in [6.07, 6.45) is 0.